The molecule has 0 aliphatic carbocycles. The zero-order valence-corrected chi connectivity index (χ0v) is 7.55. The second-order valence-electron chi connectivity index (χ2n) is 3.19. The molecule has 0 unspecified atom stereocenters. The largest absolute Gasteiger partial charge is 0.317 e. The first-order chi connectivity index (χ1) is 5.84. The van der Waals surface area contributed by atoms with E-state index in [4.69, 9.17) is 0 Å². The van der Waals surface area contributed by atoms with E-state index in [1.807, 2.05) is 6.08 Å². The van der Waals surface area contributed by atoms with E-state index in [9.17, 15) is 0 Å². The molecule has 0 aromatic rings. The Morgan fingerprint density at radius 3 is 2.58 bits per heavy atom. The van der Waals surface area contributed by atoms with Crippen LogP contribution in [0, 0.1) is 5.92 Å². The molecular formula is C11H17N. The molecule has 1 heteroatoms. The van der Waals surface area contributed by atoms with Crippen molar-refractivity contribution < 1.29 is 0 Å². The quantitative estimate of drug-likeness (QED) is 0.629. The van der Waals surface area contributed by atoms with Crippen LogP contribution in [-0.2, 0) is 0 Å². The Labute approximate surface area is 74.9 Å². The molecule has 0 spiro atoms. The molecule has 1 N–H and O–H groups in total. The van der Waals surface area contributed by atoms with Gasteiger partial charge in [0.05, 0.1) is 0 Å². The molecule has 1 fully saturated rings. The van der Waals surface area contributed by atoms with Crippen LogP contribution in [0.25, 0.3) is 0 Å². The van der Waals surface area contributed by atoms with E-state index in [0.717, 1.165) is 13.1 Å². The summed E-state index contributed by atoms with van der Waals surface area (Å²) < 4.78 is 0. The lowest BCUT2D eigenvalue weighted by atomic mass is 9.91. The van der Waals surface area contributed by atoms with Crippen molar-refractivity contribution >= 4 is 0 Å². The van der Waals surface area contributed by atoms with Gasteiger partial charge in [0.2, 0.25) is 0 Å². The van der Waals surface area contributed by atoms with Crippen LogP contribution >= 0.6 is 0 Å². The minimum Gasteiger partial charge on any atom is -0.317 e. The molecule has 0 bridgehead atoms. The third-order valence-electron chi connectivity index (χ3n) is 2.31. The summed E-state index contributed by atoms with van der Waals surface area (Å²) >= 11 is 0. The SMILES string of the molecule is C=C/C=C\C(=C)C1CCNCC1. The normalized spacial score (nSPS) is 19.7. The van der Waals surface area contributed by atoms with Crippen LogP contribution in [0.15, 0.2) is 37.0 Å². The van der Waals surface area contributed by atoms with Gasteiger partial charge in [-0.25, -0.2) is 0 Å². The van der Waals surface area contributed by atoms with Crippen LogP contribution in [0.4, 0.5) is 0 Å². The summed E-state index contributed by atoms with van der Waals surface area (Å²) in [6.45, 7) is 9.95. The molecular weight excluding hydrogens is 146 g/mol. The molecule has 0 saturated carbocycles. The number of rotatable bonds is 3. The van der Waals surface area contributed by atoms with Crippen LogP contribution in [0.1, 0.15) is 12.8 Å². The standard InChI is InChI=1S/C11H17N/c1-3-4-5-10(2)11-6-8-12-9-7-11/h3-5,11-12H,1-2,6-9H2/b5-4-. The lowest BCUT2D eigenvalue weighted by Crippen LogP contribution is -2.28. The maximum Gasteiger partial charge on any atom is -0.00431 e. The summed E-state index contributed by atoms with van der Waals surface area (Å²) in [5.74, 6) is 0.683. The van der Waals surface area contributed by atoms with E-state index < -0.39 is 0 Å². The van der Waals surface area contributed by atoms with Crippen molar-refractivity contribution in [3.63, 3.8) is 0 Å². The number of hydrogen-bond donors (Lipinski definition) is 1. The molecule has 12 heavy (non-hydrogen) atoms. The minimum absolute atomic E-state index is 0.683. The van der Waals surface area contributed by atoms with Crippen molar-refractivity contribution in [1.29, 1.82) is 0 Å². The van der Waals surface area contributed by atoms with Crippen LogP contribution < -0.4 is 5.32 Å². The molecule has 1 heterocycles. The van der Waals surface area contributed by atoms with Gasteiger partial charge in [-0.05, 0) is 31.8 Å². The van der Waals surface area contributed by atoms with Gasteiger partial charge in [-0.15, -0.1) is 0 Å². The second kappa shape index (κ2) is 4.94. The van der Waals surface area contributed by atoms with E-state index in [-0.39, 0.29) is 0 Å². The van der Waals surface area contributed by atoms with E-state index >= 15 is 0 Å². The molecule has 1 nitrogen and oxygen atoms in total. The Morgan fingerprint density at radius 1 is 1.33 bits per heavy atom. The maximum atomic E-state index is 4.05. The summed E-state index contributed by atoms with van der Waals surface area (Å²) in [4.78, 5) is 0. The zero-order valence-electron chi connectivity index (χ0n) is 7.55. The van der Waals surface area contributed by atoms with Crippen LogP contribution in [-0.4, -0.2) is 13.1 Å². The van der Waals surface area contributed by atoms with Gasteiger partial charge < -0.3 is 5.32 Å². The molecule has 1 saturated heterocycles. The molecule has 66 valence electrons. The van der Waals surface area contributed by atoms with Crippen molar-refractivity contribution in [3.05, 3.63) is 37.0 Å². The van der Waals surface area contributed by atoms with E-state index in [2.05, 4.69) is 24.6 Å². The first kappa shape index (κ1) is 9.27. The number of nitrogens with one attached hydrogen (secondary N) is 1. The van der Waals surface area contributed by atoms with Crippen LogP contribution in [0.2, 0.25) is 0 Å². The molecule has 0 radical (unpaired) electrons. The highest BCUT2D eigenvalue weighted by Gasteiger charge is 2.13. The van der Waals surface area contributed by atoms with Crippen LogP contribution in [0.5, 0.6) is 0 Å². The number of allylic oxidation sites excluding steroid dienone is 4. The summed E-state index contributed by atoms with van der Waals surface area (Å²) in [6, 6.07) is 0. The van der Waals surface area contributed by atoms with Gasteiger partial charge in [0.15, 0.2) is 0 Å². The predicted octanol–water partition coefficient (Wildman–Crippen LogP) is 2.28. The highest BCUT2D eigenvalue weighted by atomic mass is 14.9. The van der Waals surface area contributed by atoms with Crippen LogP contribution in [0.3, 0.4) is 0 Å². The Kier molecular flexibility index (Phi) is 3.81. The zero-order chi connectivity index (χ0) is 8.81. The number of piperidine rings is 1. The Morgan fingerprint density at radius 2 is 2.00 bits per heavy atom. The van der Waals surface area contributed by atoms with Gasteiger partial charge in [0.25, 0.3) is 0 Å². The summed E-state index contributed by atoms with van der Waals surface area (Å²) in [7, 11) is 0. The average Bonchev–Trinajstić information content (AvgIpc) is 2.15. The summed E-state index contributed by atoms with van der Waals surface area (Å²) in [5, 5.41) is 3.34. The van der Waals surface area contributed by atoms with Gasteiger partial charge in [-0.1, -0.05) is 37.0 Å². The topological polar surface area (TPSA) is 12.0 Å². The van der Waals surface area contributed by atoms with Gasteiger partial charge >= 0.3 is 0 Å². The summed E-state index contributed by atoms with van der Waals surface area (Å²) in [6.07, 6.45) is 8.28. The van der Waals surface area contributed by atoms with Gasteiger partial charge in [0, 0.05) is 0 Å². The third kappa shape index (κ3) is 2.67. The van der Waals surface area contributed by atoms with Gasteiger partial charge in [-0.2, -0.15) is 0 Å². The van der Waals surface area contributed by atoms with Crippen molar-refractivity contribution in [3.8, 4) is 0 Å². The number of hydrogen-bond acceptors (Lipinski definition) is 1. The first-order valence-electron chi connectivity index (χ1n) is 4.53. The molecule has 1 aliphatic heterocycles. The van der Waals surface area contributed by atoms with E-state index in [1.165, 1.54) is 18.4 Å². The maximum absolute atomic E-state index is 4.05. The summed E-state index contributed by atoms with van der Waals surface area (Å²) in [5.41, 5.74) is 1.25. The lowest BCUT2D eigenvalue weighted by Gasteiger charge is -2.22. The van der Waals surface area contributed by atoms with Gasteiger partial charge in [0.1, 0.15) is 0 Å². The molecule has 0 aromatic heterocycles. The van der Waals surface area contributed by atoms with E-state index in [0.29, 0.717) is 5.92 Å². The van der Waals surface area contributed by atoms with Crippen molar-refractivity contribution in [1.82, 2.24) is 5.32 Å². The predicted molar refractivity (Wildman–Crippen MR) is 54.1 cm³/mol. The Balaban J connectivity index is 2.39. The first-order valence-corrected chi connectivity index (χ1v) is 4.53. The minimum atomic E-state index is 0.683. The monoisotopic (exact) mass is 163 g/mol. The molecule has 0 aromatic carbocycles. The lowest BCUT2D eigenvalue weighted by molar-refractivity contribution is 0.426. The fraction of sp³-hybridized carbons (Fsp3) is 0.455. The van der Waals surface area contributed by atoms with Crippen molar-refractivity contribution in [2.24, 2.45) is 5.92 Å². The van der Waals surface area contributed by atoms with Crippen molar-refractivity contribution in [2.75, 3.05) is 13.1 Å². The van der Waals surface area contributed by atoms with E-state index in [1.54, 1.807) is 6.08 Å². The van der Waals surface area contributed by atoms with Crippen molar-refractivity contribution in [2.45, 2.75) is 12.8 Å². The fourth-order valence-electron chi connectivity index (χ4n) is 1.52. The fourth-order valence-corrected chi connectivity index (χ4v) is 1.52. The second-order valence-corrected chi connectivity index (χ2v) is 3.19. The highest BCUT2D eigenvalue weighted by molar-refractivity contribution is 5.21. The Bertz CT molecular complexity index is 185. The smallest absolute Gasteiger partial charge is 0.00431 e. The highest BCUT2D eigenvalue weighted by Crippen LogP contribution is 2.20. The molecule has 0 amide bonds. The molecule has 1 aliphatic rings. The molecule has 0 atom stereocenters. The Hall–Kier alpha value is -0.820. The third-order valence-corrected chi connectivity index (χ3v) is 2.31. The van der Waals surface area contributed by atoms with Gasteiger partial charge in [-0.3, -0.25) is 0 Å². The average molecular weight is 163 g/mol. The molecule has 1 rings (SSSR count).